The van der Waals surface area contributed by atoms with Crippen LogP contribution in [0.3, 0.4) is 0 Å². The fourth-order valence-corrected chi connectivity index (χ4v) is 5.18. The van der Waals surface area contributed by atoms with Crippen LogP contribution >= 0.6 is 11.8 Å². The molecule has 0 aromatic heterocycles. The van der Waals surface area contributed by atoms with Crippen LogP contribution in [0.25, 0.3) is 0 Å². The zero-order chi connectivity index (χ0) is 19.9. The number of amides is 1. The molecule has 0 saturated carbocycles. The fourth-order valence-electron chi connectivity index (χ4n) is 3.63. The summed E-state index contributed by atoms with van der Waals surface area (Å²) < 4.78 is 33.9. The Morgan fingerprint density at radius 3 is 2.89 bits per heavy atom. The molecular weight excluding hydrogens is 386 g/mol. The number of hydrogen-bond donors (Lipinski definition) is 0. The number of nitrogens with zero attached hydrogens (tertiary/aromatic N) is 2. The van der Waals surface area contributed by atoms with E-state index in [9.17, 15) is 18.4 Å². The zero-order valence-electron chi connectivity index (χ0n) is 14.9. The highest BCUT2D eigenvalue weighted by Gasteiger charge is 2.56. The van der Waals surface area contributed by atoms with Gasteiger partial charge in [-0.3, -0.25) is 4.79 Å². The zero-order valence-corrected chi connectivity index (χ0v) is 15.7. The maximum Gasteiger partial charge on any atom is 0.241 e. The molecule has 0 unspecified atom stereocenters. The van der Waals surface area contributed by atoms with E-state index < -0.39 is 22.4 Å². The van der Waals surface area contributed by atoms with Crippen molar-refractivity contribution in [3.63, 3.8) is 0 Å². The van der Waals surface area contributed by atoms with Gasteiger partial charge in [-0.1, -0.05) is 30.0 Å². The van der Waals surface area contributed by atoms with Gasteiger partial charge < -0.3 is 9.53 Å². The van der Waals surface area contributed by atoms with Gasteiger partial charge in [-0.15, -0.1) is 0 Å². The molecule has 2 aromatic rings. The van der Waals surface area contributed by atoms with Crippen molar-refractivity contribution in [3.8, 4) is 5.75 Å². The molecule has 2 aliphatic rings. The molecule has 0 bridgehead atoms. The number of thioether (sulfide) groups is 1. The Balaban J connectivity index is 1.90. The monoisotopic (exact) mass is 402 g/mol. The van der Waals surface area contributed by atoms with Crippen molar-refractivity contribution in [1.82, 2.24) is 5.01 Å². The van der Waals surface area contributed by atoms with Gasteiger partial charge in [0.25, 0.3) is 0 Å². The molecular formula is C20H16F2N2O3S. The van der Waals surface area contributed by atoms with E-state index >= 15 is 0 Å². The highest BCUT2D eigenvalue weighted by molar-refractivity contribution is 8.15. The molecule has 2 aliphatic heterocycles. The van der Waals surface area contributed by atoms with Crippen LogP contribution in [0.2, 0.25) is 0 Å². The lowest BCUT2D eigenvalue weighted by Gasteiger charge is -2.44. The first-order valence-electron chi connectivity index (χ1n) is 8.67. The van der Waals surface area contributed by atoms with E-state index in [1.54, 1.807) is 24.3 Å². The number of fused-ring (bicyclic) bond motifs is 2. The van der Waals surface area contributed by atoms with Gasteiger partial charge in [0.15, 0.2) is 4.87 Å². The number of carbonyl (C=O) groups is 2. The highest BCUT2D eigenvalue weighted by atomic mass is 32.2. The molecule has 1 amide bonds. The van der Waals surface area contributed by atoms with E-state index in [1.807, 2.05) is 0 Å². The summed E-state index contributed by atoms with van der Waals surface area (Å²) in [6.45, 7) is 1.55. The van der Waals surface area contributed by atoms with E-state index in [2.05, 4.69) is 5.10 Å². The Kier molecular flexibility index (Phi) is 4.66. The van der Waals surface area contributed by atoms with Gasteiger partial charge in [0.05, 0.1) is 6.61 Å². The average molecular weight is 402 g/mol. The lowest BCUT2D eigenvalue weighted by molar-refractivity contribution is -0.135. The summed E-state index contributed by atoms with van der Waals surface area (Å²) in [5.74, 6) is -1.45. The maximum absolute atomic E-state index is 14.4. The van der Waals surface area contributed by atoms with Crippen LogP contribution in [0.5, 0.6) is 5.75 Å². The summed E-state index contributed by atoms with van der Waals surface area (Å²) in [4.78, 5) is 22.8. The van der Waals surface area contributed by atoms with E-state index in [4.69, 9.17) is 4.74 Å². The molecule has 0 N–H and O–H groups in total. The quantitative estimate of drug-likeness (QED) is 0.735. The number of para-hydroxylation sites is 1. The Morgan fingerprint density at radius 2 is 2.14 bits per heavy atom. The number of rotatable bonds is 3. The van der Waals surface area contributed by atoms with Gasteiger partial charge in [0, 0.05) is 30.4 Å². The van der Waals surface area contributed by atoms with Crippen molar-refractivity contribution in [3.05, 3.63) is 65.2 Å². The van der Waals surface area contributed by atoms with E-state index in [-0.39, 0.29) is 29.5 Å². The molecule has 28 heavy (non-hydrogen) atoms. The molecule has 8 heteroatoms. The maximum atomic E-state index is 14.4. The average Bonchev–Trinajstić information content (AvgIpc) is 3.08. The molecule has 2 heterocycles. The Labute approximate surface area is 164 Å². The Bertz CT molecular complexity index is 997. The van der Waals surface area contributed by atoms with Crippen LogP contribution in [-0.2, 0) is 14.5 Å². The van der Waals surface area contributed by atoms with Gasteiger partial charge in [-0.25, -0.2) is 13.8 Å². The van der Waals surface area contributed by atoms with E-state index in [1.165, 1.54) is 11.9 Å². The molecule has 4 rings (SSSR count). The molecule has 0 fully saturated rings. The number of aldehydes is 1. The second-order valence-electron chi connectivity index (χ2n) is 6.57. The summed E-state index contributed by atoms with van der Waals surface area (Å²) in [5.41, 5.74) is 0.644. The Morgan fingerprint density at radius 1 is 1.36 bits per heavy atom. The number of hydrazone groups is 1. The minimum atomic E-state index is -1.07. The van der Waals surface area contributed by atoms with Crippen molar-refractivity contribution in [1.29, 1.82) is 0 Å². The molecule has 0 saturated heterocycles. The summed E-state index contributed by atoms with van der Waals surface area (Å²) >= 11 is 1.15. The third-order valence-electron chi connectivity index (χ3n) is 4.86. The van der Waals surface area contributed by atoms with Crippen LogP contribution in [0.1, 0.15) is 24.5 Å². The van der Waals surface area contributed by atoms with Crippen LogP contribution in [0.15, 0.2) is 47.6 Å². The minimum Gasteiger partial charge on any atom is -0.493 e. The molecule has 144 valence electrons. The van der Waals surface area contributed by atoms with Gasteiger partial charge in [0.2, 0.25) is 5.91 Å². The predicted octanol–water partition coefficient (Wildman–Crippen LogP) is 3.67. The lowest BCUT2D eigenvalue weighted by atomic mass is 9.87. The van der Waals surface area contributed by atoms with Crippen LogP contribution < -0.4 is 4.74 Å². The number of ether oxygens (including phenoxy) is 1. The largest absolute Gasteiger partial charge is 0.493 e. The minimum absolute atomic E-state index is 0.0260. The molecule has 0 radical (unpaired) electrons. The first-order valence-corrected chi connectivity index (χ1v) is 9.48. The molecule has 2 aromatic carbocycles. The lowest BCUT2D eigenvalue weighted by Crippen LogP contribution is -2.50. The van der Waals surface area contributed by atoms with Gasteiger partial charge in [0.1, 0.15) is 28.7 Å². The highest BCUT2D eigenvalue weighted by Crippen LogP contribution is 2.57. The second kappa shape index (κ2) is 7.01. The van der Waals surface area contributed by atoms with Gasteiger partial charge >= 0.3 is 0 Å². The van der Waals surface area contributed by atoms with Crippen LogP contribution in [-0.4, -0.2) is 28.9 Å². The summed E-state index contributed by atoms with van der Waals surface area (Å²) in [5, 5.41) is 5.80. The van der Waals surface area contributed by atoms with Crippen molar-refractivity contribution in [2.24, 2.45) is 11.0 Å². The second-order valence-corrected chi connectivity index (χ2v) is 7.78. The van der Waals surface area contributed by atoms with Gasteiger partial charge in [-0.05, 0) is 24.3 Å². The van der Waals surface area contributed by atoms with Crippen molar-refractivity contribution in [2.45, 2.75) is 18.2 Å². The van der Waals surface area contributed by atoms with E-state index in [0.29, 0.717) is 11.3 Å². The summed E-state index contributed by atoms with van der Waals surface area (Å²) in [6.07, 6.45) is 0.892. The number of benzene rings is 2. The smallest absolute Gasteiger partial charge is 0.241 e. The summed E-state index contributed by atoms with van der Waals surface area (Å²) in [6, 6.07) is 10.3. The Hall–Kier alpha value is -2.74. The topological polar surface area (TPSA) is 59.0 Å². The van der Waals surface area contributed by atoms with E-state index in [0.717, 1.165) is 36.2 Å². The molecule has 1 spiro atoms. The van der Waals surface area contributed by atoms with Crippen LogP contribution in [0.4, 0.5) is 8.78 Å². The standard InChI is InChI=1S/C20H16F2N2O3S/c1-12(26)24-20(28-19(23-24)15-10-14(21)6-7-17(15)22)13(8-9-25)11-27-18-5-3-2-4-16(18)20/h2-7,9-10,13H,8,11H2,1H3/t13-,20+/m1/s1. The molecule has 0 aliphatic carbocycles. The fraction of sp³-hybridized carbons (Fsp3) is 0.250. The molecule has 2 atom stereocenters. The molecule has 5 nitrogen and oxygen atoms in total. The van der Waals surface area contributed by atoms with Gasteiger partial charge in [-0.2, -0.15) is 5.10 Å². The van der Waals surface area contributed by atoms with Crippen molar-refractivity contribution < 1.29 is 23.1 Å². The number of carbonyl (C=O) groups excluding carboxylic acids is 2. The number of hydrogen-bond acceptors (Lipinski definition) is 5. The summed E-state index contributed by atoms with van der Waals surface area (Å²) in [7, 11) is 0. The SMILES string of the molecule is CC(=O)N1N=C(c2cc(F)ccc2F)S[C@@]12c1ccccc1OC[C@H]2CC=O. The number of halogens is 2. The predicted molar refractivity (Wildman–Crippen MR) is 101 cm³/mol. The van der Waals surface area contributed by atoms with Crippen molar-refractivity contribution in [2.75, 3.05) is 6.61 Å². The third-order valence-corrected chi connectivity index (χ3v) is 6.39. The van der Waals surface area contributed by atoms with Crippen molar-refractivity contribution >= 4 is 29.0 Å². The first kappa shape index (κ1) is 18.6. The van der Waals surface area contributed by atoms with Crippen LogP contribution in [0, 0.1) is 17.6 Å². The third kappa shape index (κ3) is 2.79. The normalized spacial score (nSPS) is 23.2. The first-order chi connectivity index (χ1) is 13.5.